The monoisotopic (exact) mass is 374 g/mol. The third-order valence-electron chi connectivity index (χ3n) is 3.48. The normalized spacial score (nSPS) is 15.3. The lowest BCUT2D eigenvalue weighted by molar-refractivity contribution is -0.132. The molecule has 0 bridgehead atoms. The lowest BCUT2D eigenvalue weighted by Crippen LogP contribution is -2.35. The summed E-state index contributed by atoms with van der Waals surface area (Å²) in [5.41, 5.74) is 3.00. The quantitative estimate of drug-likeness (QED) is 0.388. The van der Waals surface area contributed by atoms with Crippen molar-refractivity contribution in [2.24, 2.45) is 0 Å². The molecule has 0 radical (unpaired) electrons. The molecule has 1 saturated heterocycles. The van der Waals surface area contributed by atoms with Gasteiger partial charge >= 0.3 is 5.97 Å². The molecule has 0 saturated carbocycles. The van der Waals surface area contributed by atoms with Gasteiger partial charge in [0.1, 0.15) is 17.1 Å². The molecule has 0 atom stereocenters. The van der Waals surface area contributed by atoms with Crippen LogP contribution in [0.4, 0.5) is 10.1 Å². The van der Waals surface area contributed by atoms with E-state index in [0.717, 1.165) is 11.1 Å². The van der Waals surface area contributed by atoms with Crippen LogP contribution in [0.25, 0.3) is 6.08 Å². The Morgan fingerprint density at radius 1 is 1.23 bits per heavy atom. The number of hydrazine groups is 1. The number of nitrogens with zero attached hydrogens (tertiary/aromatic N) is 1. The van der Waals surface area contributed by atoms with Gasteiger partial charge < -0.3 is 4.74 Å². The Hall–Kier alpha value is -3.19. The van der Waals surface area contributed by atoms with Crippen LogP contribution in [0.5, 0.6) is 5.75 Å². The number of nitrogens with one attached hydrogen (secondary N) is 1. The van der Waals surface area contributed by atoms with Crippen molar-refractivity contribution in [3.63, 3.8) is 0 Å². The minimum absolute atomic E-state index is 0.120. The van der Waals surface area contributed by atoms with E-state index in [1.807, 2.05) is 0 Å². The first-order valence-corrected chi connectivity index (χ1v) is 7.83. The third kappa shape index (κ3) is 3.57. The van der Waals surface area contributed by atoms with Crippen molar-refractivity contribution in [3.05, 3.63) is 64.4 Å². The van der Waals surface area contributed by atoms with E-state index in [1.54, 1.807) is 18.2 Å². The van der Waals surface area contributed by atoms with Crippen molar-refractivity contribution in [1.29, 1.82) is 0 Å². The predicted molar refractivity (Wildman–Crippen MR) is 92.8 cm³/mol. The van der Waals surface area contributed by atoms with Crippen LogP contribution < -0.4 is 15.2 Å². The molecule has 1 aliphatic heterocycles. The number of carbonyl (C=O) groups is 3. The second kappa shape index (κ2) is 6.97. The van der Waals surface area contributed by atoms with Gasteiger partial charge in [0.15, 0.2) is 0 Å². The van der Waals surface area contributed by atoms with Gasteiger partial charge in [0.05, 0.1) is 10.7 Å². The Kier molecular flexibility index (Phi) is 4.73. The zero-order valence-corrected chi connectivity index (χ0v) is 14.2. The van der Waals surface area contributed by atoms with Gasteiger partial charge in [-0.15, -0.1) is 0 Å². The van der Waals surface area contributed by atoms with Gasteiger partial charge in [-0.1, -0.05) is 23.7 Å². The third-order valence-corrected chi connectivity index (χ3v) is 3.77. The van der Waals surface area contributed by atoms with Crippen LogP contribution in [-0.4, -0.2) is 17.8 Å². The fourth-order valence-electron chi connectivity index (χ4n) is 2.36. The van der Waals surface area contributed by atoms with Crippen LogP contribution in [0.1, 0.15) is 12.5 Å². The van der Waals surface area contributed by atoms with Gasteiger partial charge in [-0.05, 0) is 42.0 Å². The maximum absolute atomic E-state index is 13.3. The first-order valence-electron chi connectivity index (χ1n) is 7.46. The number of hydrogen-bond acceptors (Lipinski definition) is 4. The maximum atomic E-state index is 13.3. The van der Waals surface area contributed by atoms with E-state index in [1.165, 1.54) is 31.2 Å². The maximum Gasteiger partial charge on any atom is 0.308 e. The van der Waals surface area contributed by atoms with Gasteiger partial charge in [0, 0.05) is 6.92 Å². The molecule has 1 fully saturated rings. The van der Waals surface area contributed by atoms with Crippen LogP contribution in [0, 0.1) is 5.82 Å². The smallest absolute Gasteiger partial charge is 0.308 e. The summed E-state index contributed by atoms with van der Waals surface area (Å²) in [6, 6.07) is 10.0. The molecular formula is C18H12ClFN2O4. The molecule has 0 spiro atoms. The van der Waals surface area contributed by atoms with Gasteiger partial charge in [-0.3, -0.25) is 19.8 Å². The highest BCUT2D eigenvalue weighted by Gasteiger charge is 2.34. The summed E-state index contributed by atoms with van der Waals surface area (Å²) in [5.74, 6) is -2.06. The Morgan fingerprint density at radius 3 is 2.69 bits per heavy atom. The van der Waals surface area contributed by atoms with Crippen molar-refractivity contribution in [2.75, 3.05) is 5.01 Å². The Balaban J connectivity index is 1.90. The molecule has 0 aromatic heterocycles. The number of halogens is 2. The molecule has 2 aromatic carbocycles. The van der Waals surface area contributed by atoms with E-state index in [4.69, 9.17) is 16.3 Å². The number of esters is 1. The molecule has 1 heterocycles. The van der Waals surface area contributed by atoms with E-state index >= 15 is 0 Å². The number of hydrogen-bond donors (Lipinski definition) is 1. The predicted octanol–water partition coefficient (Wildman–Crippen LogP) is 2.87. The minimum atomic E-state index is -0.633. The minimum Gasteiger partial charge on any atom is -0.427 e. The number of benzene rings is 2. The summed E-state index contributed by atoms with van der Waals surface area (Å²) < 4.78 is 18.3. The molecule has 2 amide bonds. The average molecular weight is 375 g/mol. The average Bonchev–Trinajstić information content (AvgIpc) is 2.85. The van der Waals surface area contributed by atoms with Gasteiger partial charge in [0.2, 0.25) is 0 Å². The van der Waals surface area contributed by atoms with E-state index in [2.05, 4.69) is 5.43 Å². The van der Waals surface area contributed by atoms with Crippen molar-refractivity contribution in [2.45, 2.75) is 6.92 Å². The van der Waals surface area contributed by atoms with Crippen LogP contribution in [0.2, 0.25) is 5.02 Å². The molecule has 0 unspecified atom stereocenters. The summed E-state index contributed by atoms with van der Waals surface area (Å²) in [6.07, 6.45) is 1.37. The largest absolute Gasteiger partial charge is 0.427 e. The number of rotatable bonds is 3. The lowest BCUT2D eigenvalue weighted by Gasteiger charge is -2.14. The number of anilines is 1. The highest BCUT2D eigenvalue weighted by atomic mass is 35.5. The molecule has 1 aliphatic rings. The Morgan fingerprint density at radius 2 is 2.00 bits per heavy atom. The summed E-state index contributed by atoms with van der Waals surface area (Å²) in [6.45, 7) is 1.27. The van der Waals surface area contributed by atoms with Crippen LogP contribution in [-0.2, 0) is 14.4 Å². The Bertz CT molecular complexity index is 958. The zero-order chi connectivity index (χ0) is 18.8. The number of ether oxygens (including phenoxy) is 1. The summed E-state index contributed by atoms with van der Waals surface area (Å²) in [5, 5.41) is 0.811. The second-order valence-electron chi connectivity index (χ2n) is 5.40. The molecule has 2 aromatic rings. The zero-order valence-electron chi connectivity index (χ0n) is 13.5. The first-order chi connectivity index (χ1) is 12.3. The molecule has 132 valence electrons. The van der Waals surface area contributed by atoms with E-state index in [9.17, 15) is 18.8 Å². The van der Waals surface area contributed by atoms with Crippen molar-refractivity contribution < 1.29 is 23.5 Å². The van der Waals surface area contributed by atoms with E-state index < -0.39 is 23.6 Å². The lowest BCUT2D eigenvalue weighted by atomic mass is 10.1. The van der Waals surface area contributed by atoms with Crippen molar-refractivity contribution in [3.8, 4) is 5.75 Å². The molecule has 3 rings (SSSR count). The number of amides is 2. The SMILES string of the molecule is CC(=O)Oc1cccc(C=C2C(=O)NN(c3ccc(F)c(Cl)c3)C2=O)c1. The molecule has 6 nitrogen and oxygen atoms in total. The van der Waals surface area contributed by atoms with Crippen LogP contribution in [0.15, 0.2) is 48.0 Å². The van der Waals surface area contributed by atoms with Gasteiger partial charge in [-0.25, -0.2) is 9.40 Å². The molecule has 0 aliphatic carbocycles. The molecule has 8 heteroatoms. The molecular weight excluding hydrogens is 363 g/mol. The number of carbonyl (C=O) groups excluding carboxylic acids is 3. The van der Waals surface area contributed by atoms with E-state index in [-0.39, 0.29) is 16.3 Å². The molecule has 1 N–H and O–H groups in total. The van der Waals surface area contributed by atoms with Crippen LogP contribution >= 0.6 is 11.6 Å². The van der Waals surface area contributed by atoms with E-state index in [0.29, 0.717) is 11.3 Å². The topological polar surface area (TPSA) is 75.7 Å². The summed E-state index contributed by atoms with van der Waals surface area (Å²) >= 11 is 5.72. The fourth-order valence-corrected chi connectivity index (χ4v) is 2.54. The standard InChI is InChI=1S/C18H12ClFN2O4/c1-10(23)26-13-4-2-3-11(7-13)8-14-17(24)21-22(18(14)25)12-5-6-16(20)15(19)9-12/h2-9H,1H3,(H,21,24). The fraction of sp³-hybridized carbons (Fsp3) is 0.0556. The van der Waals surface area contributed by atoms with Crippen molar-refractivity contribution >= 4 is 41.1 Å². The Labute approximate surface area is 152 Å². The van der Waals surface area contributed by atoms with Gasteiger partial charge in [0.25, 0.3) is 11.8 Å². The molecule has 26 heavy (non-hydrogen) atoms. The highest BCUT2D eigenvalue weighted by Crippen LogP contribution is 2.26. The van der Waals surface area contributed by atoms with Gasteiger partial charge in [-0.2, -0.15) is 0 Å². The summed E-state index contributed by atoms with van der Waals surface area (Å²) in [4.78, 5) is 35.7. The van der Waals surface area contributed by atoms with Crippen molar-refractivity contribution in [1.82, 2.24) is 5.43 Å². The summed E-state index contributed by atoms with van der Waals surface area (Å²) in [7, 11) is 0. The van der Waals surface area contributed by atoms with Crippen LogP contribution in [0.3, 0.4) is 0 Å². The first kappa shape index (κ1) is 17.6. The second-order valence-corrected chi connectivity index (χ2v) is 5.81. The highest BCUT2D eigenvalue weighted by molar-refractivity contribution is 6.33.